The number of aliphatic imine (C=N–C) groups is 1. The number of nitrogens with two attached hydrogens (primary N) is 2. The molecule has 0 spiro atoms. The number of thiazole rings is 1. The Morgan fingerprint density at radius 2 is 2.20 bits per heavy atom. The number of anilines is 1. The first kappa shape index (κ1) is 13.9. The minimum Gasteiger partial charge on any atom is -0.370 e. The van der Waals surface area contributed by atoms with Gasteiger partial charge in [-0.1, -0.05) is 0 Å². The molecule has 2 rings (SSSR count). The first-order valence-corrected chi connectivity index (χ1v) is 6.46. The standard InChI is InChI=1S/C12H12FN5OS/c1-6(19)16-9-3-2-7(13)4-8(9)10-5-20-12(17-10)18-11(14)15/h2-5H,1H3,(H,16,19)(H4,14,15,17,18). The summed E-state index contributed by atoms with van der Waals surface area (Å²) in [6.07, 6.45) is 0. The van der Waals surface area contributed by atoms with Crippen LogP contribution in [0.2, 0.25) is 0 Å². The zero-order valence-corrected chi connectivity index (χ0v) is 11.4. The summed E-state index contributed by atoms with van der Waals surface area (Å²) < 4.78 is 13.4. The number of carbonyl (C=O) groups is 1. The average molecular weight is 293 g/mol. The fraction of sp³-hybridized carbons (Fsp3) is 0.0833. The maximum atomic E-state index is 13.4. The minimum absolute atomic E-state index is 0.104. The van der Waals surface area contributed by atoms with Crippen molar-refractivity contribution in [2.45, 2.75) is 6.92 Å². The molecule has 8 heteroatoms. The van der Waals surface area contributed by atoms with Crippen molar-refractivity contribution in [3.63, 3.8) is 0 Å². The average Bonchev–Trinajstić information content (AvgIpc) is 2.78. The van der Waals surface area contributed by atoms with Crippen molar-refractivity contribution in [3.05, 3.63) is 29.4 Å². The number of carbonyl (C=O) groups excluding carboxylic acids is 1. The van der Waals surface area contributed by atoms with E-state index in [4.69, 9.17) is 11.5 Å². The molecule has 0 unspecified atom stereocenters. The second kappa shape index (κ2) is 5.66. The Morgan fingerprint density at radius 1 is 1.45 bits per heavy atom. The van der Waals surface area contributed by atoms with Gasteiger partial charge in [-0.05, 0) is 18.2 Å². The molecule has 5 N–H and O–H groups in total. The van der Waals surface area contributed by atoms with Gasteiger partial charge >= 0.3 is 0 Å². The van der Waals surface area contributed by atoms with Gasteiger partial charge in [-0.3, -0.25) is 4.79 Å². The van der Waals surface area contributed by atoms with Crippen LogP contribution in [0.5, 0.6) is 0 Å². The van der Waals surface area contributed by atoms with Gasteiger partial charge in [0.2, 0.25) is 11.0 Å². The molecule has 104 valence electrons. The molecule has 0 saturated carbocycles. The highest BCUT2D eigenvalue weighted by molar-refractivity contribution is 7.13. The molecule has 0 aliphatic carbocycles. The Hall–Kier alpha value is -2.48. The molecule has 20 heavy (non-hydrogen) atoms. The highest BCUT2D eigenvalue weighted by Gasteiger charge is 2.11. The van der Waals surface area contributed by atoms with Crippen molar-refractivity contribution < 1.29 is 9.18 Å². The smallest absolute Gasteiger partial charge is 0.221 e. The van der Waals surface area contributed by atoms with E-state index in [-0.39, 0.29) is 11.9 Å². The van der Waals surface area contributed by atoms with Crippen LogP contribution in [0, 0.1) is 5.82 Å². The summed E-state index contributed by atoms with van der Waals surface area (Å²) in [5.41, 5.74) is 12.0. The normalized spacial score (nSPS) is 10.1. The highest BCUT2D eigenvalue weighted by Crippen LogP contribution is 2.32. The third-order valence-electron chi connectivity index (χ3n) is 2.29. The van der Waals surface area contributed by atoms with E-state index in [1.165, 1.54) is 36.5 Å². The lowest BCUT2D eigenvalue weighted by molar-refractivity contribution is -0.114. The van der Waals surface area contributed by atoms with Crippen LogP contribution in [0.25, 0.3) is 11.3 Å². The number of rotatable bonds is 3. The maximum Gasteiger partial charge on any atom is 0.221 e. The molecule has 0 radical (unpaired) electrons. The van der Waals surface area contributed by atoms with Crippen LogP contribution < -0.4 is 16.8 Å². The molecule has 1 aromatic heterocycles. The van der Waals surface area contributed by atoms with Gasteiger partial charge in [0.1, 0.15) is 5.82 Å². The largest absolute Gasteiger partial charge is 0.370 e. The summed E-state index contributed by atoms with van der Waals surface area (Å²) in [6, 6.07) is 4.03. The van der Waals surface area contributed by atoms with E-state index in [9.17, 15) is 9.18 Å². The third-order valence-corrected chi connectivity index (χ3v) is 3.02. The van der Waals surface area contributed by atoms with Gasteiger partial charge in [0.25, 0.3) is 0 Å². The number of amides is 1. The second-order valence-corrected chi connectivity index (χ2v) is 4.76. The predicted molar refractivity (Wildman–Crippen MR) is 77.3 cm³/mol. The molecular formula is C12H12FN5OS. The van der Waals surface area contributed by atoms with Crippen molar-refractivity contribution >= 4 is 34.0 Å². The molecule has 0 aliphatic rings. The highest BCUT2D eigenvalue weighted by atomic mass is 32.1. The molecule has 2 aromatic rings. The number of hydrogen-bond acceptors (Lipinski definition) is 4. The molecule has 0 aliphatic heterocycles. The molecule has 1 aromatic carbocycles. The number of nitrogens with one attached hydrogen (secondary N) is 1. The fourth-order valence-corrected chi connectivity index (χ4v) is 2.28. The van der Waals surface area contributed by atoms with Gasteiger partial charge in [0, 0.05) is 17.9 Å². The van der Waals surface area contributed by atoms with Crippen LogP contribution in [0.3, 0.4) is 0 Å². The van der Waals surface area contributed by atoms with Crippen molar-refractivity contribution in [2.75, 3.05) is 5.32 Å². The van der Waals surface area contributed by atoms with E-state index in [1.807, 2.05) is 0 Å². The first-order valence-electron chi connectivity index (χ1n) is 5.58. The lowest BCUT2D eigenvalue weighted by Crippen LogP contribution is -2.21. The van der Waals surface area contributed by atoms with Crippen LogP contribution in [0.4, 0.5) is 15.2 Å². The van der Waals surface area contributed by atoms with Crippen molar-refractivity contribution in [1.82, 2.24) is 4.98 Å². The quantitative estimate of drug-likeness (QED) is 0.592. The number of hydrogen-bond donors (Lipinski definition) is 3. The van der Waals surface area contributed by atoms with Gasteiger partial charge in [0.15, 0.2) is 5.96 Å². The zero-order chi connectivity index (χ0) is 14.7. The number of aromatic nitrogens is 1. The van der Waals surface area contributed by atoms with Crippen molar-refractivity contribution in [2.24, 2.45) is 16.5 Å². The Morgan fingerprint density at radius 3 is 2.85 bits per heavy atom. The number of halogens is 1. The summed E-state index contributed by atoms with van der Waals surface area (Å²) >= 11 is 1.21. The Balaban J connectivity index is 2.45. The van der Waals surface area contributed by atoms with Crippen molar-refractivity contribution in [3.8, 4) is 11.3 Å². The molecule has 1 amide bonds. The maximum absolute atomic E-state index is 13.4. The Bertz CT molecular complexity index is 678. The van der Waals surface area contributed by atoms with Gasteiger partial charge in [-0.15, -0.1) is 11.3 Å². The number of benzene rings is 1. The summed E-state index contributed by atoms with van der Waals surface area (Å²) in [5, 5.41) is 4.66. The van der Waals surface area contributed by atoms with Gasteiger partial charge in [-0.2, -0.15) is 4.99 Å². The van der Waals surface area contributed by atoms with E-state index in [0.29, 0.717) is 22.1 Å². The molecule has 0 atom stereocenters. The molecular weight excluding hydrogens is 281 g/mol. The van der Waals surface area contributed by atoms with Crippen LogP contribution in [-0.4, -0.2) is 16.9 Å². The molecule has 1 heterocycles. The number of nitrogens with zero attached hydrogens (tertiary/aromatic N) is 2. The number of guanidine groups is 1. The second-order valence-electron chi connectivity index (χ2n) is 3.92. The first-order chi connectivity index (χ1) is 9.45. The van der Waals surface area contributed by atoms with Crippen LogP contribution >= 0.6 is 11.3 Å². The van der Waals surface area contributed by atoms with E-state index < -0.39 is 5.82 Å². The van der Waals surface area contributed by atoms with Crippen LogP contribution in [0.1, 0.15) is 6.92 Å². The monoisotopic (exact) mass is 293 g/mol. The van der Waals surface area contributed by atoms with E-state index in [0.717, 1.165) is 0 Å². The Labute approximate surface area is 118 Å². The molecule has 0 saturated heterocycles. The van der Waals surface area contributed by atoms with Gasteiger partial charge in [-0.25, -0.2) is 9.37 Å². The predicted octanol–water partition coefficient (Wildman–Crippen LogP) is 1.81. The molecule has 0 fully saturated rings. The van der Waals surface area contributed by atoms with E-state index in [1.54, 1.807) is 5.38 Å². The topological polar surface area (TPSA) is 106 Å². The lowest BCUT2D eigenvalue weighted by atomic mass is 10.1. The zero-order valence-electron chi connectivity index (χ0n) is 10.6. The van der Waals surface area contributed by atoms with Crippen LogP contribution in [-0.2, 0) is 4.79 Å². The van der Waals surface area contributed by atoms with Crippen molar-refractivity contribution in [1.29, 1.82) is 0 Å². The Kier molecular flexibility index (Phi) is 3.94. The summed E-state index contributed by atoms with van der Waals surface area (Å²) in [6.45, 7) is 1.37. The summed E-state index contributed by atoms with van der Waals surface area (Å²) in [4.78, 5) is 19.2. The van der Waals surface area contributed by atoms with Gasteiger partial charge in [0.05, 0.1) is 11.4 Å². The van der Waals surface area contributed by atoms with E-state index in [2.05, 4.69) is 15.3 Å². The summed E-state index contributed by atoms with van der Waals surface area (Å²) in [7, 11) is 0. The van der Waals surface area contributed by atoms with E-state index >= 15 is 0 Å². The van der Waals surface area contributed by atoms with Gasteiger partial charge < -0.3 is 16.8 Å². The molecule has 6 nitrogen and oxygen atoms in total. The SMILES string of the molecule is CC(=O)Nc1ccc(F)cc1-c1csc(N=C(N)N)n1. The molecule has 0 bridgehead atoms. The third kappa shape index (κ3) is 3.29. The lowest BCUT2D eigenvalue weighted by Gasteiger charge is -2.07. The van der Waals surface area contributed by atoms with Crippen LogP contribution in [0.15, 0.2) is 28.6 Å². The summed E-state index contributed by atoms with van der Waals surface area (Å²) in [5.74, 6) is -0.782. The fourth-order valence-electron chi connectivity index (χ4n) is 1.58. The minimum atomic E-state index is -0.425.